The van der Waals surface area contributed by atoms with Gasteiger partial charge in [0, 0.05) is 17.7 Å². The van der Waals surface area contributed by atoms with Crippen LogP contribution in [0, 0.1) is 13.8 Å². The van der Waals surface area contributed by atoms with Gasteiger partial charge >= 0.3 is 6.03 Å². The van der Waals surface area contributed by atoms with E-state index >= 15 is 0 Å². The van der Waals surface area contributed by atoms with Crippen LogP contribution in [0.15, 0.2) is 39.6 Å². The molecule has 0 saturated heterocycles. The van der Waals surface area contributed by atoms with Crippen molar-refractivity contribution in [2.75, 3.05) is 11.9 Å². The molecule has 2 N–H and O–H groups in total. The van der Waals surface area contributed by atoms with Crippen molar-refractivity contribution in [3.05, 3.63) is 63.4 Å². The van der Waals surface area contributed by atoms with E-state index in [1.807, 2.05) is 30.3 Å². The van der Waals surface area contributed by atoms with Crippen LogP contribution in [0.3, 0.4) is 0 Å². The highest BCUT2D eigenvalue weighted by Gasteiger charge is 2.26. The SMILES string of the molecule is Cc1noc(C)c1NC(=O)N1CCc2c(nc(-c3ccccc3)[nH]c2=O)C1. The van der Waals surface area contributed by atoms with Crippen molar-refractivity contribution < 1.29 is 9.32 Å². The van der Waals surface area contributed by atoms with Crippen LogP contribution in [0.2, 0.25) is 0 Å². The van der Waals surface area contributed by atoms with Crippen LogP contribution in [0.4, 0.5) is 10.5 Å². The average Bonchev–Trinajstić information content (AvgIpc) is 3.00. The zero-order valence-corrected chi connectivity index (χ0v) is 15.1. The standard InChI is InChI=1S/C19H19N5O3/c1-11-16(12(2)27-23-11)21-19(26)24-9-8-14-15(10-24)20-17(22-18(14)25)13-6-4-3-5-7-13/h3-7H,8-10H2,1-2H3,(H,21,26)(H,20,22,25). The monoisotopic (exact) mass is 365 g/mol. The summed E-state index contributed by atoms with van der Waals surface area (Å²) < 4.78 is 5.08. The van der Waals surface area contributed by atoms with Crippen molar-refractivity contribution in [1.29, 1.82) is 0 Å². The Kier molecular flexibility index (Phi) is 4.23. The minimum Gasteiger partial charge on any atom is -0.359 e. The fraction of sp³-hybridized carbons (Fsp3) is 0.263. The molecule has 1 aliphatic rings. The van der Waals surface area contributed by atoms with Gasteiger partial charge in [-0.25, -0.2) is 9.78 Å². The quantitative estimate of drug-likeness (QED) is 0.726. The summed E-state index contributed by atoms with van der Waals surface area (Å²) in [6.45, 7) is 4.23. The zero-order valence-electron chi connectivity index (χ0n) is 15.1. The number of hydrogen-bond donors (Lipinski definition) is 2. The van der Waals surface area contributed by atoms with Crippen LogP contribution in [0.1, 0.15) is 22.7 Å². The van der Waals surface area contributed by atoms with Crippen LogP contribution in [0.5, 0.6) is 0 Å². The molecule has 0 unspecified atom stereocenters. The second kappa shape index (κ2) is 6.71. The van der Waals surface area contributed by atoms with Crippen molar-refractivity contribution in [1.82, 2.24) is 20.0 Å². The van der Waals surface area contributed by atoms with Gasteiger partial charge in [0.25, 0.3) is 5.56 Å². The number of fused-ring (bicyclic) bond motifs is 1. The predicted molar refractivity (Wildman–Crippen MR) is 99.4 cm³/mol. The fourth-order valence-electron chi connectivity index (χ4n) is 3.19. The molecule has 27 heavy (non-hydrogen) atoms. The van der Waals surface area contributed by atoms with E-state index in [1.165, 1.54) is 0 Å². The van der Waals surface area contributed by atoms with E-state index in [4.69, 9.17) is 4.52 Å². The molecule has 138 valence electrons. The first-order chi connectivity index (χ1) is 13.0. The van der Waals surface area contributed by atoms with Crippen LogP contribution in [0.25, 0.3) is 11.4 Å². The lowest BCUT2D eigenvalue weighted by Gasteiger charge is -2.28. The molecule has 1 aromatic carbocycles. The van der Waals surface area contributed by atoms with Gasteiger partial charge < -0.3 is 19.7 Å². The van der Waals surface area contributed by atoms with Crippen molar-refractivity contribution in [3.63, 3.8) is 0 Å². The maximum atomic E-state index is 12.7. The third kappa shape index (κ3) is 3.21. The molecule has 8 heteroatoms. The smallest absolute Gasteiger partial charge is 0.322 e. The molecule has 2 amide bonds. The van der Waals surface area contributed by atoms with Gasteiger partial charge in [-0.05, 0) is 20.3 Å². The number of benzene rings is 1. The van der Waals surface area contributed by atoms with Gasteiger partial charge in [0.05, 0.1) is 12.2 Å². The number of nitrogens with zero attached hydrogens (tertiary/aromatic N) is 3. The van der Waals surface area contributed by atoms with Gasteiger partial charge in [0.15, 0.2) is 5.76 Å². The number of urea groups is 1. The molecule has 0 atom stereocenters. The number of aromatic nitrogens is 3. The topological polar surface area (TPSA) is 104 Å². The molecule has 3 aromatic rings. The lowest BCUT2D eigenvalue weighted by Crippen LogP contribution is -2.41. The summed E-state index contributed by atoms with van der Waals surface area (Å²) in [4.78, 5) is 34.2. The molecule has 4 rings (SSSR count). The Morgan fingerprint density at radius 1 is 1.26 bits per heavy atom. The minimum absolute atomic E-state index is 0.148. The lowest BCUT2D eigenvalue weighted by atomic mass is 10.1. The average molecular weight is 365 g/mol. The zero-order chi connectivity index (χ0) is 19.0. The van der Waals surface area contributed by atoms with E-state index in [0.717, 1.165) is 5.56 Å². The van der Waals surface area contributed by atoms with Crippen LogP contribution < -0.4 is 10.9 Å². The van der Waals surface area contributed by atoms with Crippen molar-refractivity contribution in [2.24, 2.45) is 0 Å². The van der Waals surface area contributed by atoms with E-state index in [9.17, 15) is 9.59 Å². The number of carbonyl (C=O) groups excluding carboxylic acids is 1. The predicted octanol–water partition coefficient (Wildman–Crippen LogP) is 2.63. The third-order valence-electron chi connectivity index (χ3n) is 4.67. The number of hydrogen-bond acceptors (Lipinski definition) is 5. The Labute approximate surface area is 155 Å². The number of nitrogens with one attached hydrogen (secondary N) is 2. The molecular weight excluding hydrogens is 346 g/mol. The van der Waals surface area contributed by atoms with Crippen LogP contribution in [-0.2, 0) is 13.0 Å². The van der Waals surface area contributed by atoms with E-state index in [1.54, 1.807) is 18.7 Å². The van der Waals surface area contributed by atoms with Gasteiger partial charge in [-0.2, -0.15) is 0 Å². The summed E-state index contributed by atoms with van der Waals surface area (Å²) >= 11 is 0. The molecule has 0 bridgehead atoms. The number of aryl methyl sites for hydroxylation is 2. The van der Waals surface area contributed by atoms with E-state index < -0.39 is 0 Å². The van der Waals surface area contributed by atoms with Crippen LogP contribution in [-0.4, -0.2) is 32.6 Å². The van der Waals surface area contributed by atoms with Gasteiger partial charge in [-0.3, -0.25) is 4.79 Å². The molecule has 0 spiro atoms. The van der Waals surface area contributed by atoms with E-state index in [0.29, 0.717) is 47.2 Å². The van der Waals surface area contributed by atoms with Gasteiger partial charge in [0.2, 0.25) is 0 Å². The minimum atomic E-state index is -0.265. The van der Waals surface area contributed by atoms with E-state index in [-0.39, 0.29) is 18.1 Å². The second-order valence-electron chi connectivity index (χ2n) is 6.51. The Morgan fingerprint density at radius 2 is 2.04 bits per heavy atom. The van der Waals surface area contributed by atoms with Crippen molar-refractivity contribution in [2.45, 2.75) is 26.8 Å². The summed E-state index contributed by atoms with van der Waals surface area (Å²) in [6, 6.07) is 9.18. The van der Waals surface area contributed by atoms with Gasteiger partial charge in [-0.15, -0.1) is 0 Å². The normalized spacial score (nSPS) is 13.3. The highest BCUT2D eigenvalue weighted by molar-refractivity contribution is 5.90. The number of aromatic amines is 1. The second-order valence-corrected chi connectivity index (χ2v) is 6.51. The summed E-state index contributed by atoms with van der Waals surface area (Å²) in [5.41, 5.74) is 3.14. The van der Waals surface area contributed by atoms with Crippen LogP contribution >= 0.6 is 0 Å². The number of amides is 2. The Morgan fingerprint density at radius 3 is 2.74 bits per heavy atom. The molecule has 0 fully saturated rings. The molecule has 2 aromatic heterocycles. The third-order valence-corrected chi connectivity index (χ3v) is 4.67. The number of carbonyl (C=O) groups is 1. The van der Waals surface area contributed by atoms with Crippen molar-refractivity contribution in [3.8, 4) is 11.4 Å². The first kappa shape index (κ1) is 17.0. The highest BCUT2D eigenvalue weighted by Crippen LogP contribution is 2.22. The Balaban J connectivity index is 1.60. The summed E-state index contributed by atoms with van der Waals surface area (Å²) in [5, 5.41) is 6.68. The molecule has 3 heterocycles. The molecule has 1 aliphatic heterocycles. The maximum absolute atomic E-state index is 12.7. The summed E-state index contributed by atoms with van der Waals surface area (Å²) in [5.74, 6) is 1.06. The lowest BCUT2D eigenvalue weighted by molar-refractivity contribution is 0.205. The van der Waals surface area contributed by atoms with Crippen molar-refractivity contribution >= 4 is 11.7 Å². The summed E-state index contributed by atoms with van der Waals surface area (Å²) in [7, 11) is 0. The number of anilines is 1. The van der Waals surface area contributed by atoms with E-state index in [2.05, 4.69) is 20.4 Å². The first-order valence-corrected chi connectivity index (χ1v) is 8.69. The fourth-order valence-corrected chi connectivity index (χ4v) is 3.19. The maximum Gasteiger partial charge on any atom is 0.322 e. The number of rotatable bonds is 2. The summed E-state index contributed by atoms with van der Waals surface area (Å²) in [6.07, 6.45) is 0.460. The molecular formula is C19H19N5O3. The number of H-pyrrole nitrogens is 1. The molecule has 0 radical (unpaired) electrons. The molecule has 0 saturated carbocycles. The Hall–Kier alpha value is -3.42. The van der Waals surface area contributed by atoms with Gasteiger partial charge in [0.1, 0.15) is 17.2 Å². The first-order valence-electron chi connectivity index (χ1n) is 8.69. The highest BCUT2D eigenvalue weighted by atomic mass is 16.5. The molecule has 8 nitrogen and oxygen atoms in total. The van der Waals surface area contributed by atoms with Gasteiger partial charge in [-0.1, -0.05) is 35.5 Å². The largest absolute Gasteiger partial charge is 0.359 e. The molecule has 0 aliphatic carbocycles. The Bertz CT molecular complexity index is 1040.